The van der Waals surface area contributed by atoms with Crippen LogP contribution in [0.3, 0.4) is 0 Å². The molecule has 31 heavy (non-hydrogen) atoms. The Bertz CT molecular complexity index is 1070. The van der Waals surface area contributed by atoms with Crippen LogP contribution >= 0.6 is 23.1 Å². The van der Waals surface area contributed by atoms with Crippen molar-refractivity contribution in [1.82, 2.24) is 14.8 Å². The van der Waals surface area contributed by atoms with Crippen LogP contribution in [0, 0.1) is 5.92 Å². The average Bonchev–Trinajstić information content (AvgIpc) is 3.25. The Kier molecular flexibility index (Phi) is 5.96. The Hall–Kier alpha value is -2.38. The molecule has 0 atom stereocenters. The molecule has 0 N–H and O–H groups in total. The second-order valence-corrected chi connectivity index (χ2v) is 10.4. The van der Waals surface area contributed by atoms with Crippen molar-refractivity contribution < 1.29 is 9.59 Å². The first-order valence-corrected chi connectivity index (χ1v) is 12.6. The summed E-state index contributed by atoms with van der Waals surface area (Å²) in [6.45, 7) is 2.85. The van der Waals surface area contributed by atoms with Crippen molar-refractivity contribution in [2.45, 2.75) is 30.1 Å². The number of fused-ring (bicyclic) bond motifs is 2. The number of para-hydroxylation sites is 1. The summed E-state index contributed by atoms with van der Waals surface area (Å²) in [5.74, 6) is 0.833. The number of carbonyl (C=O) groups is 2. The standard InChI is InChI=1S/C24H25N3O2S2/c28-22(16-30-24-25-20-7-3-4-8-21(20)31-24)26-12-10-18(11-13-26)23(29)27-14-9-17-5-1-2-6-19(17)15-27/h1-8,18H,9-16H2. The fourth-order valence-corrected chi connectivity index (χ4v) is 6.42. The van der Waals surface area contributed by atoms with Gasteiger partial charge in [0.15, 0.2) is 4.34 Å². The number of benzene rings is 2. The van der Waals surface area contributed by atoms with E-state index in [2.05, 4.69) is 29.2 Å². The number of hydrogen-bond donors (Lipinski definition) is 0. The van der Waals surface area contributed by atoms with Gasteiger partial charge in [0.25, 0.3) is 0 Å². The highest BCUT2D eigenvalue weighted by molar-refractivity contribution is 8.01. The smallest absolute Gasteiger partial charge is 0.233 e. The first-order valence-electron chi connectivity index (χ1n) is 10.8. The van der Waals surface area contributed by atoms with E-state index in [-0.39, 0.29) is 17.7 Å². The second-order valence-electron chi connectivity index (χ2n) is 8.17. The predicted octanol–water partition coefficient (Wildman–Crippen LogP) is 4.21. The lowest BCUT2D eigenvalue weighted by atomic mass is 9.93. The number of thiazole rings is 1. The first-order chi connectivity index (χ1) is 15.2. The van der Waals surface area contributed by atoms with Crippen LogP contribution in [0.1, 0.15) is 24.0 Å². The molecule has 5 rings (SSSR count). The number of piperidine rings is 1. The molecule has 0 bridgehead atoms. The Morgan fingerprint density at radius 2 is 1.71 bits per heavy atom. The van der Waals surface area contributed by atoms with E-state index in [4.69, 9.17) is 0 Å². The molecule has 2 aliphatic rings. The number of hydrogen-bond acceptors (Lipinski definition) is 5. The molecule has 2 aliphatic heterocycles. The summed E-state index contributed by atoms with van der Waals surface area (Å²) in [6.07, 6.45) is 2.45. The Morgan fingerprint density at radius 3 is 2.52 bits per heavy atom. The molecule has 0 saturated carbocycles. The van der Waals surface area contributed by atoms with Crippen LogP contribution in [0.2, 0.25) is 0 Å². The van der Waals surface area contributed by atoms with Crippen LogP contribution in [-0.4, -0.2) is 52.0 Å². The Labute approximate surface area is 190 Å². The third-order valence-corrected chi connectivity index (χ3v) is 8.40. The average molecular weight is 452 g/mol. The van der Waals surface area contributed by atoms with Crippen LogP contribution in [0.5, 0.6) is 0 Å². The van der Waals surface area contributed by atoms with Crippen LogP contribution < -0.4 is 0 Å². The molecule has 3 heterocycles. The summed E-state index contributed by atoms with van der Waals surface area (Å²) < 4.78 is 2.09. The number of likely N-dealkylation sites (tertiary alicyclic amines) is 1. The zero-order valence-electron chi connectivity index (χ0n) is 17.3. The van der Waals surface area contributed by atoms with E-state index < -0.39 is 0 Å². The summed E-state index contributed by atoms with van der Waals surface area (Å²) >= 11 is 3.14. The van der Waals surface area contributed by atoms with Gasteiger partial charge in [0.2, 0.25) is 11.8 Å². The Morgan fingerprint density at radius 1 is 0.968 bits per heavy atom. The number of carbonyl (C=O) groups excluding carboxylic acids is 2. The van der Waals surface area contributed by atoms with Gasteiger partial charge in [-0.05, 0) is 42.5 Å². The monoisotopic (exact) mass is 451 g/mol. The fourth-order valence-electron chi connectivity index (χ4n) is 4.45. The zero-order chi connectivity index (χ0) is 21.2. The highest BCUT2D eigenvalue weighted by Crippen LogP contribution is 2.30. The minimum Gasteiger partial charge on any atom is -0.342 e. The summed E-state index contributed by atoms with van der Waals surface area (Å²) in [5.41, 5.74) is 3.61. The van der Waals surface area contributed by atoms with Gasteiger partial charge in [-0.1, -0.05) is 48.2 Å². The largest absolute Gasteiger partial charge is 0.342 e. The van der Waals surface area contributed by atoms with Crippen LogP contribution in [0.15, 0.2) is 52.9 Å². The van der Waals surface area contributed by atoms with Gasteiger partial charge in [0.1, 0.15) is 0 Å². The second kappa shape index (κ2) is 9.01. The van der Waals surface area contributed by atoms with Gasteiger partial charge in [0, 0.05) is 32.1 Å². The summed E-state index contributed by atoms with van der Waals surface area (Å²) in [6, 6.07) is 16.4. The van der Waals surface area contributed by atoms with Gasteiger partial charge in [-0.25, -0.2) is 4.98 Å². The number of amides is 2. The van der Waals surface area contributed by atoms with Crippen molar-refractivity contribution in [2.75, 3.05) is 25.4 Å². The summed E-state index contributed by atoms with van der Waals surface area (Å²) in [5, 5.41) is 0. The van der Waals surface area contributed by atoms with Crippen molar-refractivity contribution in [3.8, 4) is 0 Å². The predicted molar refractivity (Wildman–Crippen MR) is 125 cm³/mol. The highest BCUT2D eigenvalue weighted by Gasteiger charge is 2.31. The van der Waals surface area contributed by atoms with E-state index in [1.54, 1.807) is 11.3 Å². The maximum atomic E-state index is 13.0. The molecule has 5 nitrogen and oxygen atoms in total. The minimum absolute atomic E-state index is 0.0335. The normalized spacial score (nSPS) is 17.0. The zero-order valence-corrected chi connectivity index (χ0v) is 19.0. The topological polar surface area (TPSA) is 53.5 Å². The molecule has 0 unspecified atom stereocenters. The van der Waals surface area contributed by atoms with Gasteiger partial charge < -0.3 is 9.80 Å². The van der Waals surface area contributed by atoms with Crippen molar-refractivity contribution in [2.24, 2.45) is 5.92 Å². The van der Waals surface area contributed by atoms with E-state index in [1.807, 2.05) is 34.1 Å². The van der Waals surface area contributed by atoms with E-state index in [0.717, 1.165) is 40.4 Å². The molecular weight excluding hydrogens is 426 g/mol. The van der Waals surface area contributed by atoms with E-state index in [1.165, 1.54) is 22.9 Å². The van der Waals surface area contributed by atoms with Gasteiger partial charge in [0.05, 0.1) is 16.0 Å². The van der Waals surface area contributed by atoms with Gasteiger partial charge in [-0.2, -0.15) is 0 Å². The van der Waals surface area contributed by atoms with E-state index >= 15 is 0 Å². The third kappa shape index (κ3) is 4.48. The van der Waals surface area contributed by atoms with Crippen molar-refractivity contribution >= 4 is 45.1 Å². The lowest BCUT2D eigenvalue weighted by molar-refractivity contribution is -0.140. The number of thioether (sulfide) groups is 1. The van der Waals surface area contributed by atoms with Crippen molar-refractivity contribution in [3.05, 3.63) is 59.7 Å². The van der Waals surface area contributed by atoms with Crippen molar-refractivity contribution in [1.29, 1.82) is 0 Å². The maximum Gasteiger partial charge on any atom is 0.233 e. The molecule has 1 saturated heterocycles. The molecule has 1 fully saturated rings. The number of nitrogens with zero attached hydrogens (tertiary/aromatic N) is 3. The van der Waals surface area contributed by atoms with Gasteiger partial charge >= 0.3 is 0 Å². The van der Waals surface area contributed by atoms with E-state index in [9.17, 15) is 9.59 Å². The molecule has 7 heteroatoms. The summed E-state index contributed by atoms with van der Waals surface area (Å²) in [7, 11) is 0. The molecule has 0 radical (unpaired) electrons. The van der Waals surface area contributed by atoms with E-state index in [0.29, 0.717) is 25.4 Å². The SMILES string of the molecule is O=C(CSc1nc2ccccc2s1)N1CCC(C(=O)N2CCc3ccccc3C2)CC1. The highest BCUT2D eigenvalue weighted by atomic mass is 32.2. The van der Waals surface area contributed by atoms with Crippen LogP contribution in [0.25, 0.3) is 10.2 Å². The molecule has 160 valence electrons. The minimum atomic E-state index is 0.0335. The number of rotatable bonds is 4. The van der Waals surface area contributed by atoms with Crippen LogP contribution in [-0.2, 0) is 22.6 Å². The first kappa shape index (κ1) is 20.5. The van der Waals surface area contributed by atoms with Gasteiger partial charge in [-0.3, -0.25) is 9.59 Å². The Balaban J connectivity index is 1.11. The fraction of sp³-hybridized carbons (Fsp3) is 0.375. The maximum absolute atomic E-state index is 13.0. The number of aromatic nitrogens is 1. The quantitative estimate of drug-likeness (QED) is 0.558. The van der Waals surface area contributed by atoms with Gasteiger partial charge in [-0.15, -0.1) is 11.3 Å². The molecule has 3 aromatic rings. The van der Waals surface area contributed by atoms with Crippen molar-refractivity contribution in [3.63, 3.8) is 0 Å². The summed E-state index contributed by atoms with van der Waals surface area (Å²) in [4.78, 5) is 34.2. The molecular formula is C24H25N3O2S2. The molecule has 2 aromatic carbocycles. The molecule has 1 aromatic heterocycles. The molecule has 2 amide bonds. The molecule has 0 spiro atoms. The molecule has 0 aliphatic carbocycles. The lowest BCUT2D eigenvalue weighted by Gasteiger charge is -2.36. The van der Waals surface area contributed by atoms with Crippen LogP contribution in [0.4, 0.5) is 0 Å². The lowest BCUT2D eigenvalue weighted by Crippen LogP contribution is -2.46. The third-order valence-electron chi connectivity index (χ3n) is 6.23.